The number of nitrogens with zero attached hydrogens (tertiary/aromatic N) is 2. The van der Waals surface area contributed by atoms with E-state index in [1.54, 1.807) is 30.0 Å². The number of likely N-dealkylation sites (tertiary alicyclic amines) is 1. The van der Waals surface area contributed by atoms with Gasteiger partial charge in [-0.25, -0.2) is 9.79 Å². The van der Waals surface area contributed by atoms with E-state index in [-0.39, 0.29) is 54.4 Å². The van der Waals surface area contributed by atoms with Gasteiger partial charge in [-0.1, -0.05) is 18.2 Å². The molecular weight excluding hydrogens is 473 g/mol. The van der Waals surface area contributed by atoms with Crippen LogP contribution in [-0.4, -0.2) is 49.3 Å². The SMILES string of the molecule is CCOC(=O)N1CCC(NC(N)=NCc2ccccc2OC(F)F)CC1.I. The highest BCUT2D eigenvalue weighted by atomic mass is 127. The van der Waals surface area contributed by atoms with Crippen LogP contribution in [0.3, 0.4) is 0 Å². The normalized spacial score (nSPS) is 15.3. The number of benzene rings is 1. The lowest BCUT2D eigenvalue weighted by Crippen LogP contribution is -2.48. The Bertz CT molecular complexity index is 626. The van der Waals surface area contributed by atoms with E-state index in [4.69, 9.17) is 10.5 Å². The molecule has 2 rings (SSSR count). The minimum absolute atomic E-state index is 0. The zero-order chi connectivity index (χ0) is 18.9. The second-order valence-electron chi connectivity index (χ2n) is 5.79. The molecule has 1 fully saturated rings. The molecule has 0 atom stereocenters. The smallest absolute Gasteiger partial charge is 0.409 e. The van der Waals surface area contributed by atoms with Gasteiger partial charge < -0.3 is 25.4 Å². The van der Waals surface area contributed by atoms with Gasteiger partial charge in [-0.05, 0) is 25.8 Å². The summed E-state index contributed by atoms with van der Waals surface area (Å²) in [6, 6.07) is 6.55. The van der Waals surface area contributed by atoms with E-state index >= 15 is 0 Å². The zero-order valence-corrected chi connectivity index (χ0v) is 17.4. The minimum Gasteiger partial charge on any atom is -0.450 e. The van der Waals surface area contributed by atoms with Gasteiger partial charge in [0, 0.05) is 24.7 Å². The number of hydrogen-bond acceptors (Lipinski definition) is 4. The van der Waals surface area contributed by atoms with Crippen molar-refractivity contribution in [2.45, 2.75) is 39.0 Å². The predicted octanol–water partition coefficient (Wildman–Crippen LogP) is 2.93. The lowest BCUT2D eigenvalue weighted by Gasteiger charge is -2.31. The van der Waals surface area contributed by atoms with E-state index in [9.17, 15) is 13.6 Å². The average Bonchev–Trinajstić information content (AvgIpc) is 2.61. The summed E-state index contributed by atoms with van der Waals surface area (Å²) < 4.78 is 34.3. The molecule has 0 radical (unpaired) electrons. The molecule has 1 amide bonds. The van der Waals surface area contributed by atoms with E-state index in [0.29, 0.717) is 25.3 Å². The number of nitrogens with two attached hydrogens (primary N) is 1. The van der Waals surface area contributed by atoms with Crippen LogP contribution >= 0.6 is 24.0 Å². The van der Waals surface area contributed by atoms with Crippen molar-refractivity contribution in [3.05, 3.63) is 29.8 Å². The number of ether oxygens (including phenoxy) is 2. The van der Waals surface area contributed by atoms with Gasteiger partial charge in [-0.2, -0.15) is 8.78 Å². The average molecular weight is 498 g/mol. The minimum atomic E-state index is -2.89. The standard InChI is InChI=1S/C17H24F2N4O3.HI/c1-2-25-17(24)23-9-7-13(8-10-23)22-16(20)21-11-12-5-3-4-6-14(12)26-15(18)19;/h3-6,13,15H,2,7-11H2,1H3,(H3,20,21,22);1H. The van der Waals surface area contributed by atoms with Gasteiger partial charge in [0.15, 0.2) is 5.96 Å². The molecule has 0 unspecified atom stereocenters. The first-order valence-corrected chi connectivity index (χ1v) is 8.50. The number of rotatable bonds is 6. The van der Waals surface area contributed by atoms with E-state index in [2.05, 4.69) is 15.0 Å². The summed E-state index contributed by atoms with van der Waals surface area (Å²) in [5.74, 6) is 0.313. The van der Waals surface area contributed by atoms with Gasteiger partial charge in [0.25, 0.3) is 0 Å². The second-order valence-corrected chi connectivity index (χ2v) is 5.79. The fraction of sp³-hybridized carbons (Fsp3) is 0.529. The van der Waals surface area contributed by atoms with Crippen molar-refractivity contribution in [1.29, 1.82) is 0 Å². The Hall–Kier alpha value is -1.85. The highest BCUT2D eigenvalue weighted by Crippen LogP contribution is 2.21. The number of carbonyl (C=O) groups excluding carboxylic acids is 1. The first-order chi connectivity index (χ1) is 12.5. The molecule has 0 aromatic heterocycles. The lowest BCUT2D eigenvalue weighted by molar-refractivity contribution is -0.0504. The Kier molecular flexibility index (Phi) is 10.1. The van der Waals surface area contributed by atoms with Gasteiger partial charge in [0.1, 0.15) is 5.75 Å². The van der Waals surface area contributed by atoms with Gasteiger partial charge >= 0.3 is 12.7 Å². The number of hydrogen-bond donors (Lipinski definition) is 2. The molecule has 1 saturated heterocycles. The molecule has 1 aromatic rings. The van der Waals surface area contributed by atoms with Crippen LogP contribution in [0.25, 0.3) is 0 Å². The highest BCUT2D eigenvalue weighted by molar-refractivity contribution is 14.0. The lowest BCUT2D eigenvalue weighted by atomic mass is 10.1. The number of guanidine groups is 1. The van der Waals surface area contributed by atoms with Gasteiger partial charge in [0.2, 0.25) is 0 Å². The second kappa shape index (κ2) is 11.8. The Morgan fingerprint density at radius 2 is 2.04 bits per heavy atom. The summed E-state index contributed by atoms with van der Waals surface area (Å²) in [6.45, 7) is 0.522. The maximum Gasteiger partial charge on any atom is 0.409 e. The van der Waals surface area contributed by atoms with Crippen LogP contribution in [0.2, 0.25) is 0 Å². The Morgan fingerprint density at radius 1 is 1.37 bits per heavy atom. The largest absolute Gasteiger partial charge is 0.450 e. The number of aliphatic imine (C=N–C) groups is 1. The van der Waals surface area contributed by atoms with Crippen LogP contribution in [0.15, 0.2) is 29.3 Å². The van der Waals surface area contributed by atoms with Crippen molar-refractivity contribution in [3.63, 3.8) is 0 Å². The van der Waals surface area contributed by atoms with E-state index in [0.717, 1.165) is 12.8 Å². The molecule has 7 nitrogen and oxygen atoms in total. The molecule has 1 aliphatic rings. The number of alkyl halides is 2. The molecule has 0 spiro atoms. The van der Waals surface area contributed by atoms with E-state index in [1.807, 2.05) is 0 Å². The Morgan fingerprint density at radius 3 is 2.67 bits per heavy atom. The van der Waals surface area contributed by atoms with Gasteiger partial charge in [-0.3, -0.25) is 0 Å². The number of halogens is 3. The monoisotopic (exact) mass is 498 g/mol. The summed E-state index contributed by atoms with van der Waals surface area (Å²) in [7, 11) is 0. The van der Waals surface area contributed by atoms with Crippen LogP contribution in [0, 0.1) is 0 Å². The van der Waals surface area contributed by atoms with Crippen LogP contribution in [-0.2, 0) is 11.3 Å². The zero-order valence-electron chi connectivity index (χ0n) is 15.1. The Labute approximate surface area is 174 Å². The summed E-state index contributed by atoms with van der Waals surface area (Å²) in [6.07, 6.45) is 1.14. The number of piperidine rings is 1. The molecule has 152 valence electrons. The molecule has 0 aliphatic carbocycles. The van der Waals surface area contributed by atoms with E-state index in [1.165, 1.54) is 6.07 Å². The molecule has 1 aliphatic heterocycles. The van der Waals surface area contributed by atoms with Crippen molar-refractivity contribution in [2.75, 3.05) is 19.7 Å². The molecule has 0 saturated carbocycles. The first-order valence-electron chi connectivity index (χ1n) is 8.50. The fourth-order valence-corrected chi connectivity index (χ4v) is 2.69. The van der Waals surface area contributed by atoms with E-state index < -0.39 is 6.61 Å². The molecule has 10 heteroatoms. The third-order valence-corrected chi connectivity index (χ3v) is 3.98. The number of nitrogens with one attached hydrogen (secondary N) is 1. The molecule has 0 bridgehead atoms. The topological polar surface area (TPSA) is 89.2 Å². The fourth-order valence-electron chi connectivity index (χ4n) is 2.69. The number of amides is 1. The van der Waals surface area contributed by atoms with Crippen molar-refractivity contribution >= 4 is 36.0 Å². The maximum absolute atomic E-state index is 12.4. The van der Waals surface area contributed by atoms with Crippen molar-refractivity contribution in [2.24, 2.45) is 10.7 Å². The van der Waals surface area contributed by atoms with Crippen molar-refractivity contribution in [3.8, 4) is 5.75 Å². The molecule has 27 heavy (non-hydrogen) atoms. The summed E-state index contributed by atoms with van der Waals surface area (Å²) in [4.78, 5) is 17.5. The third kappa shape index (κ3) is 7.73. The van der Waals surface area contributed by atoms with Crippen LogP contribution in [0.5, 0.6) is 5.75 Å². The summed E-state index contributed by atoms with van der Waals surface area (Å²) in [5.41, 5.74) is 6.41. The van der Waals surface area contributed by atoms with Crippen LogP contribution in [0.4, 0.5) is 13.6 Å². The summed E-state index contributed by atoms with van der Waals surface area (Å²) in [5, 5.41) is 3.10. The first kappa shape index (κ1) is 23.2. The number of carbonyl (C=O) groups is 1. The van der Waals surface area contributed by atoms with Crippen molar-refractivity contribution in [1.82, 2.24) is 10.2 Å². The quantitative estimate of drug-likeness (QED) is 0.358. The molecular formula is C17H25F2IN4O3. The van der Waals surface area contributed by atoms with Crippen LogP contribution < -0.4 is 15.8 Å². The molecule has 1 heterocycles. The molecule has 1 aromatic carbocycles. The molecule has 3 N–H and O–H groups in total. The Balaban J connectivity index is 0.00000364. The summed E-state index contributed by atoms with van der Waals surface area (Å²) >= 11 is 0. The predicted molar refractivity (Wildman–Crippen MR) is 109 cm³/mol. The highest BCUT2D eigenvalue weighted by Gasteiger charge is 2.23. The third-order valence-electron chi connectivity index (χ3n) is 3.98. The number of para-hydroxylation sites is 1. The van der Waals surface area contributed by atoms with Crippen molar-refractivity contribution < 1.29 is 23.0 Å². The maximum atomic E-state index is 12.4. The van der Waals surface area contributed by atoms with Crippen LogP contribution in [0.1, 0.15) is 25.3 Å². The van der Waals surface area contributed by atoms with Gasteiger partial charge in [-0.15, -0.1) is 24.0 Å². The van der Waals surface area contributed by atoms with Gasteiger partial charge in [0.05, 0.1) is 13.2 Å².